The number of halogens is 1. The second-order valence-corrected chi connectivity index (χ2v) is 6.96. The first-order valence-corrected chi connectivity index (χ1v) is 9.58. The number of ketones is 1. The van der Waals surface area contributed by atoms with Crippen molar-refractivity contribution in [3.05, 3.63) is 90.2 Å². The first kappa shape index (κ1) is 18.1. The Kier molecular flexibility index (Phi) is 5.30. The Morgan fingerprint density at radius 3 is 2.18 bits per heavy atom. The Morgan fingerprint density at radius 1 is 0.821 bits per heavy atom. The summed E-state index contributed by atoms with van der Waals surface area (Å²) >= 11 is 1.18. The van der Waals surface area contributed by atoms with Gasteiger partial charge in [-0.25, -0.2) is 4.39 Å². The van der Waals surface area contributed by atoms with Gasteiger partial charge in [-0.3, -0.25) is 4.79 Å². The lowest BCUT2D eigenvalue weighted by Gasteiger charge is -2.03. The summed E-state index contributed by atoms with van der Waals surface area (Å²) in [5, 5.41) is 8.18. The number of hydrogen-bond acceptors (Lipinski definition) is 5. The number of nitrogens with zero attached hydrogens (tertiary/aromatic N) is 2. The average Bonchev–Trinajstić information content (AvgIpc) is 3.22. The zero-order chi connectivity index (χ0) is 19.3. The van der Waals surface area contributed by atoms with Crippen LogP contribution in [0.2, 0.25) is 0 Å². The fraction of sp³-hybridized carbons (Fsp3) is 0.0455. The van der Waals surface area contributed by atoms with Crippen molar-refractivity contribution in [2.45, 2.75) is 5.22 Å². The van der Waals surface area contributed by atoms with Crippen molar-refractivity contribution in [2.24, 2.45) is 0 Å². The Hall–Kier alpha value is -3.25. The first-order valence-electron chi connectivity index (χ1n) is 8.60. The molecule has 1 heterocycles. The third kappa shape index (κ3) is 4.18. The number of thioether (sulfide) groups is 1. The highest BCUT2D eigenvalue weighted by Gasteiger charge is 2.13. The van der Waals surface area contributed by atoms with Gasteiger partial charge in [-0.05, 0) is 35.4 Å². The van der Waals surface area contributed by atoms with E-state index in [1.165, 1.54) is 23.9 Å². The maximum Gasteiger partial charge on any atom is 0.277 e. The summed E-state index contributed by atoms with van der Waals surface area (Å²) in [7, 11) is 0. The SMILES string of the molecule is O=C(CSc1nnc(-c2ccc(F)cc2)o1)c1ccc(-c2ccccc2)cc1. The minimum atomic E-state index is -0.332. The van der Waals surface area contributed by atoms with Crippen molar-refractivity contribution in [1.29, 1.82) is 0 Å². The molecule has 0 aliphatic rings. The topological polar surface area (TPSA) is 56.0 Å². The van der Waals surface area contributed by atoms with Crippen molar-refractivity contribution in [3.63, 3.8) is 0 Å². The van der Waals surface area contributed by atoms with Crippen LogP contribution in [0.5, 0.6) is 0 Å². The number of Topliss-reactive ketones (excluding diaryl/α,β-unsaturated/α-hetero) is 1. The molecule has 28 heavy (non-hydrogen) atoms. The van der Waals surface area contributed by atoms with Gasteiger partial charge in [-0.15, -0.1) is 10.2 Å². The Labute approximate surface area is 165 Å². The number of carbonyl (C=O) groups is 1. The number of hydrogen-bond donors (Lipinski definition) is 0. The molecule has 0 amide bonds. The van der Waals surface area contributed by atoms with E-state index < -0.39 is 0 Å². The molecule has 138 valence electrons. The fourth-order valence-corrected chi connectivity index (χ4v) is 3.32. The summed E-state index contributed by atoms with van der Waals surface area (Å²) in [5.74, 6) is 0.130. The van der Waals surface area contributed by atoms with Gasteiger partial charge in [0.05, 0.1) is 5.75 Å². The van der Waals surface area contributed by atoms with Gasteiger partial charge in [-0.1, -0.05) is 66.4 Å². The van der Waals surface area contributed by atoms with E-state index in [-0.39, 0.29) is 17.4 Å². The van der Waals surface area contributed by atoms with Crippen LogP contribution in [-0.4, -0.2) is 21.7 Å². The summed E-state index contributed by atoms with van der Waals surface area (Å²) in [5.41, 5.74) is 3.43. The van der Waals surface area contributed by atoms with Crippen molar-refractivity contribution in [1.82, 2.24) is 10.2 Å². The molecule has 0 bridgehead atoms. The highest BCUT2D eigenvalue weighted by molar-refractivity contribution is 7.99. The predicted molar refractivity (Wildman–Crippen MR) is 107 cm³/mol. The highest BCUT2D eigenvalue weighted by atomic mass is 32.2. The lowest BCUT2D eigenvalue weighted by Crippen LogP contribution is -2.02. The van der Waals surface area contributed by atoms with Gasteiger partial charge in [0, 0.05) is 11.1 Å². The van der Waals surface area contributed by atoms with Crippen LogP contribution >= 0.6 is 11.8 Å². The molecule has 0 unspecified atom stereocenters. The minimum Gasteiger partial charge on any atom is -0.411 e. The first-order chi connectivity index (χ1) is 13.7. The summed E-state index contributed by atoms with van der Waals surface area (Å²) < 4.78 is 18.5. The molecule has 0 atom stereocenters. The van der Waals surface area contributed by atoms with Gasteiger partial charge in [0.2, 0.25) is 5.89 Å². The molecule has 3 aromatic carbocycles. The lowest BCUT2D eigenvalue weighted by atomic mass is 10.0. The van der Waals surface area contributed by atoms with E-state index in [0.29, 0.717) is 22.2 Å². The largest absolute Gasteiger partial charge is 0.411 e. The van der Waals surface area contributed by atoms with Crippen molar-refractivity contribution in [3.8, 4) is 22.6 Å². The van der Waals surface area contributed by atoms with Crippen LogP contribution < -0.4 is 0 Å². The maximum atomic E-state index is 13.0. The normalized spacial score (nSPS) is 10.8. The Balaban J connectivity index is 1.39. The summed E-state index contributed by atoms with van der Waals surface area (Å²) in [6.07, 6.45) is 0. The van der Waals surface area contributed by atoms with Gasteiger partial charge in [0.1, 0.15) is 5.82 Å². The van der Waals surface area contributed by atoms with E-state index in [9.17, 15) is 9.18 Å². The molecule has 0 fully saturated rings. The quantitative estimate of drug-likeness (QED) is 0.321. The standard InChI is InChI=1S/C22H15FN2O2S/c23-19-12-10-18(11-13-19)21-24-25-22(27-21)28-14-20(26)17-8-6-16(7-9-17)15-4-2-1-3-5-15/h1-13H,14H2. The van der Waals surface area contributed by atoms with E-state index in [2.05, 4.69) is 10.2 Å². The van der Waals surface area contributed by atoms with Crippen molar-refractivity contribution in [2.75, 3.05) is 5.75 Å². The second kappa shape index (κ2) is 8.19. The van der Waals surface area contributed by atoms with Gasteiger partial charge in [-0.2, -0.15) is 0 Å². The van der Waals surface area contributed by atoms with Crippen LogP contribution in [0.25, 0.3) is 22.6 Å². The number of carbonyl (C=O) groups excluding carboxylic acids is 1. The zero-order valence-corrected chi connectivity index (χ0v) is 15.5. The molecule has 1 aromatic heterocycles. The smallest absolute Gasteiger partial charge is 0.277 e. The van der Waals surface area contributed by atoms with E-state index in [4.69, 9.17) is 4.42 Å². The van der Waals surface area contributed by atoms with Crippen LogP contribution in [0, 0.1) is 5.82 Å². The Bertz CT molecular complexity index is 1080. The zero-order valence-electron chi connectivity index (χ0n) is 14.7. The third-order valence-corrected chi connectivity index (χ3v) is 4.96. The number of benzene rings is 3. The van der Waals surface area contributed by atoms with E-state index in [1.807, 2.05) is 54.6 Å². The molecular weight excluding hydrogens is 375 g/mol. The van der Waals surface area contributed by atoms with Crippen LogP contribution in [-0.2, 0) is 0 Å². The van der Waals surface area contributed by atoms with Crippen LogP contribution in [0.1, 0.15) is 10.4 Å². The molecule has 0 aliphatic carbocycles. The van der Waals surface area contributed by atoms with E-state index >= 15 is 0 Å². The Morgan fingerprint density at radius 2 is 1.46 bits per heavy atom. The maximum absolute atomic E-state index is 13.0. The molecule has 0 saturated carbocycles. The van der Waals surface area contributed by atoms with E-state index in [1.54, 1.807) is 12.1 Å². The van der Waals surface area contributed by atoms with Gasteiger partial charge in [0.25, 0.3) is 5.22 Å². The second-order valence-electron chi connectivity index (χ2n) is 6.04. The highest BCUT2D eigenvalue weighted by Crippen LogP contribution is 2.25. The molecule has 4 nitrogen and oxygen atoms in total. The number of aromatic nitrogens is 2. The monoisotopic (exact) mass is 390 g/mol. The molecular formula is C22H15FN2O2S. The van der Waals surface area contributed by atoms with Gasteiger partial charge < -0.3 is 4.42 Å². The molecule has 0 radical (unpaired) electrons. The van der Waals surface area contributed by atoms with Crippen LogP contribution in [0.4, 0.5) is 4.39 Å². The third-order valence-electron chi connectivity index (χ3n) is 4.14. The molecule has 0 spiro atoms. The summed E-state index contributed by atoms with van der Waals surface area (Å²) in [6.45, 7) is 0. The van der Waals surface area contributed by atoms with Crippen molar-refractivity contribution >= 4 is 17.5 Å². The van der Waals surface area contributed by atoms with E-state index in [0.717, 1.165) is 11.1 Å². The number of rotatable bonds is 6. The van der Waals surface area contributed by atoms with Gasteiger partial charge >= 0.3 is 0 Å². The molecule has 0 aliphatic heterocycles. The predicted octanol–water partition coefficient (Wildman–Crippen LogP) is 5.52. The van der Waals surface area contributed by atoms with Crippen LogP contribution in [0.3, 0.4) is 0 Å². The van der Waals surface area contributed by atoms with Gasteiger partial charge in [0.15, 0.2) is 5.78 Å². The average molecular weight is 390 g/mol. The molecule has 0 N–H and O–H groups in total. The lowest BCUT2D eigenvalue weighted by molar-refractivity contribution is 0.102. The summed E-state index contributed by atoms with van der Waals surface area (Å²) in [4.78, 5) is 12.4. The molecule has 4 rings (SSSR count). The molecule has 4 aromatic rings. The fourth-order valence-electron chi connectivity index (χ4n) is 2.67. The van der Waals surface area contributed by atoms with Crippen molar-refractivity contribution < 1.29 is 13.6 Å². The molecule has 6 heteroatoms. The minimum absolute atomic E-state index is 0.0221. The van der Waals surface area contributed by atoms with Crippen LogP contribution in [0.15, 0.2) is 88.5 Å². The summed E-state index contributed by atoms with van der Waals surface area (Å²) in [6, 6.07) is 23.3. The molecule has 0 saturated heterocycles.